The summed E-state index contributed by atoms with van der Waals surface area (Å²) in [6, 6.07) is 22.3. The minimum absolute atomic E-state index is 0.00438. The SMILES string of the molecule is Cc1oc(-c2ccc(OC(F)F)cc2)cc1C(=O)Nc1ccc(CC(=O)NS(=O)(=O)Cc2ccccc2)cc1. The number of amides is 2. The minimum atomic E-state index is -3.84. The molecule has 1 heterocycles. The summed E-state index contributed by atoms with van der Waals surface area (Å²) in [5, 5.41) is 2.74. The Bertz CT molecular complexity index is 1550. The van der Waals surface area contributed by atoms with Crippen LogP contribution in [0.4, 0.5) is 14.5 Å². The van der Waals surface area contributed by atoms with Gasteiger partial charge in [0, 0.05) is 11.3 Å². The number of sulfonamides is 1. The molecular formula is C28H24F2N2O6S. The summed E-state index contributed by atoms with van der Waals surface area (Å²) in [5.74, 6) is -0.663. The van der Waals surface area contributed by atoms with Crippen molar-refractivity contribution in [2.75, 3.05) is 5.32 Å². The Morgan fingerprint density at radius 2 is 1.59 bits per heavy atom. The van der Waals surface area contributed by atoms with Gasteiger partial charge in [-0.2, -0.15) is 8.78 Å². The van der Waals surface area contributed by atoms with E-state index in [0.29, 0.717) is 33.9 Å². The highest BCUT2D eigenvalue weighted by Gasteiger charge is 2.18. The molecule has 4 aromatic rings. The predicted octanol–water partition coefficient (Wildman–Crippen LogP) is 5.30. The summed E-state index contributed by atoms with van der Waals surface area (Å²) in [6.07, 6.45) is -0.159. The molecule has 2 N–H and O–H groups in total. The van der Waals surface area contributed by atoms with Crippen molar-refractivity contribution in [1.29, 1.82) is 0 Å². The molecule has 0 aliphatic carbocycles. The van der Waals surface area contributed by atoms with E-state index in [9.17, 15) is 26.8 Å². The van der Waals surface area contributed by atoms with E-state index < -0.39 is 28.4 Å². The van der Waals surface area contributed by atoms with E-state index in [-0.39, 0.29) is 23.5 Å². The van der Waals surface area contributed by atoms with E-state index in [1.165, 1.54) is 12.1 Å². The fourth-order valence-corrected chi connectivity index (χ4v) is 4.90. The Hall–Kier alpha value is -4.51. The summed E-state index contributed by atoms with van der Waals surface area (Å²) < 4.78 is 61.3. The standard InChI is InChI=1S/C28H24F2N2O6S/c1-18-24(16-25(37-18)21-9-13-23(14-10-21)38-28(29)30)27(34)31-22-11-7-19(8-12-22)15-26(33)32-39(35,36)17-20-5-3-2-4-6-20/h2-14,16,28H,15,17H2,1H3,(H,31,34)(H,32,33). The molecule has 0 bridgehead atoms. The van der Waals surface area contributed by atoms with Crippen LogP contribution in [0.1, 0.15) is 27.2 Å². The monoisotopic (exact) mass is 554 g/mol. The largest absolute Gasteiger partial charge is 0.461 e. The van der Waals surface area contributed by atoms with Gasteiger partial charge in [-0.1, -0.05) is 42.5 Å². The second-order valence-electron chi connectivity index (χ2n) is 8.58. The number of rotatable bonds is 10. The third-order valence-corrected chi connectivity index (χ3v) is 6.82. The molecule has 2 amide bonds. The zero-order chi connectivity index (χ0) is 28.0. The first kappa shape index (κ1) is 27.5. The van der Waals surface area contributed by atoms with Crippen molar-refractivity contribution in [3.8, 4) is 17.1 Å². The number of benzene rings is 3. The van der Waals surface area contributed by atoms with E-state index in [1.54, 1.807) is 79.7 Å². The highest BCUT2D eigenvalue weighted by atomic mass is 32.2. The average Bonchev–Trinajstić information content (AvgIpc) is 3.27. The van der Waals surface area contributed by atoms with Gasteiger partial charge in [0.25, 0.3) is 5.91 Å². The Labute approximate surface area is 223 Å². The lowest BCUT2D eigenvalue weighted by Crippen LogP contribution is -2.32. The lowest BCUT2D eigenvalue weighted by atomic mass is 10.1. The van der Waals surface area contributed by atoms with Crippen LogP contribution in [0, 0.1) is 6.92 Å². The number of nitrogens with one attached hydrogen (secondary N) is 2. The molecular weight excluding hydrogens is 530 g/mol. The lowest BCUT2D eigenvalue weighted by molar-refractivity contribution is -0.118. The van der Waals surface area contributed by atoms with Gasteiger partial charge in [0.2, 0.25) is 15.9 Å². The zero-order valence-corrected chi connectivity index (χ0v) is 21.5. The van der Waals surface area contributed by atoms with Gasteiger partial charge >= 0.3 is 6.61 Å². The average molecular weight is 555 g/mol. The number of ether oxygens (including phenoxy) is 1. The van der Waals surface area contributed by atoms with E-state index in [0.717, 1.165) is 0 Å². The predicted molar refractivity (Wildman–Crippen MR) is 141 cm³/mol. The molecule has 0 spiro atoms. The quantitative estimate of drug-likeness (QED) is 0.275. The van der Waals surface area contributed by atoms with Crippen LogP contribution < -0.4 is 14.8 Å². The smallest absolute Gasteiger partial charge is 0.387 e. The van der Waals surface area contributed by atoms with Gasteiger partial charge in [-0.15, -0.1) is 0 Å². The van der Waals surface area contributed by atoms with E-state index in [1.807, 2.05) is 0 Å². The van der Waals surface area contributed by atoms with Crippen LogP contribution in [0.2, 0.25) is 0 Å². The molecule has 0 radical (unpaired) electrons. The van der Waals surface area contributed by atoms with Crippen LogP contribution in [0.25, 0.3) is 11.3 Å². The van der Waals surface area contributed by atoms with Gasteiger partial charge < -0.3 is 14.5 Å². The van der Waals surface area contributed by atoms with Gasteiger partial charge in [0.1, 0.15) is 17.3 Å². The first-order valence-corrected chi connectivity index (χ1v) is 13.4. The van der Waals surface area contributed by atoms with Crippen LogP contribution in [0.3, 0.4) is 0 Å². The molecule has 1 aromatic heterocycles. The van der Waals surface area contributed by atoms with Crippen LogP contribution in [0.5, 0.6) is 5.75 Å². The number of aryl methyl sites for hydroxylation is 1. The maximum Gasteiger partial charge on any atom is 0.387 e. The number of furan rings is 1. The van der Waals surface area contributed by atoms with Crippen molar-refractivity contribution < 1.29 is 35.9 Å². The first-order chi connectivity index (χ1) is 18.6. The summed E-state index contributed by atoms with van der Waals surface area (Å²) in [5.41, 5.74) is 2.44. The molecule has 3 aromatic carbocycles. The maximum atomic E-state index is 12.8. The number of hydrogen-bond donors (Lipinski definition) is 2. The third-order valence-electron chi connectivity index (χ3n) is 5.57. The number of halogens is 2. The molecule has 8 nitrogen and oxygen atoms in total. The van der Waals surface area contributed by atoms with Gasteiger partial charge in [0.15, 0.2) is 0 Å². The number of hydrogen-bond acceptors (Lipinski definition) is 6. The zero-order valence-electron chi connectivity index (χ0n) is 20.7. The molecule has 4 rings (SSSR count). The fourth-order valence-electron chi connectivity index (χ4n) is 3.78. The normalized spacial score (nSPS) is 11.3. The van der Waals surface area contributed by atoms with Gasteiger partial charge in [-0.3, -0.25) is 14.3 Å². The van der Waals surface area contributed by atoms with Crippen molar-refractivity contribution >= 4 is 27.5 Å². The van der Waals surface area contributed by atoms with Crippen molar-refractivity contribution in [2.45, 2.75) is 25.7 Å². The van der Waals surface area contributed by atoms with E-state index >= 15 is 0 Å². The Balaban J connectivity index is 1.34. The Morgan fingerprint density at radius 1 is 0.923 bits per heavy atom. The molecule has 39 heavy (non-hydrogen) atoms. The van der Waals surface area contributed by atoms with Gasteiger partial charge in [0.05, 0.1) is 17.7 Å². The van der Waals surface area contributed by atoms with E-state index in [2.05, 4.69) is 14.8 Å². The molecule has 0 aliphatic heterocycles. The number of anilines is 1. The second kappa shape index (κ2) is 11.9. The van der Waals surface area contributed by atoms with Crippen molar-refractivity contribution in [3.05, 3.63) is 107 Å². The summed E-state index contributed by atoms with van der Waals surface area (Å²) in [7, 11) is -3.84. The lowest BCUT2D eigenvalue weighted by Gasteiger charge is -2.08. The van der Waals surface area contributed by atoms with Crippen LogP contribution in [-0.4, -0.2) is 26.8 Å². The van der Waals surface area contributed by atoms with Crippen LogP contribution >= 0.6 is 0 Å². The van der Waals surface area contributed by atoms with E-state index in [4.69, 9.17) is 4.42 Å². The van der Waals surface area contributed by atoms with Crippen LogP contribution in [-0.2, 0) is 27.0 Å². The summed E-state index contributed by atoms with van der Waals surface area (Å²) >= 11 is 0. The number of alkyl halides is 2. The third kappa shape index (κ3) is 7.74. The molecule has 0 saturated carbocycles. The minimum Gasteiger partial charge on any atom is -0.461 e. The van der Waals surface area contributed by atoms with Crippen molar-refractivity contribution in [2.24, 2.45) is 0 Å². The van der Waals surface area contributed by atoms with Crippen molar-refractivity contribution in [1.82, 2.24) is 4.72 Å². The van der Waals surface area contributed by atoms with Gasteiger partial charge in [-0.05, 0) is 60.5 Å². The molecule has 0 atom stereocenters. The molecule has 0 saturated heterocycles. The summed E-state index contributed by atoms with van der Waals surface area (Å²) in [6.45, 7) is -1.30. The molecule has 0 unspecified atom stereocenters. The Kier molecular flexibility index (Phi) is 8.40. The number of carbonyl (C=O) groups excluding carboxylic acids is 2. The Morgan fingerprint density at radius 3 is 2.23 bits per heavy atom. The number of carbonyl (C=O) groups is 2. The maximum absolute atomic E-state index is 12.8. The van der Waals surface area contributed by atoms with Crippen LogP contribution in [0.15, 0.2) is 89.3 Å². The highest BCUT2D eigenvalue weighted by Crippen LogP contribution is 2.28. The topological polar surface area (TPSA) is 115 Å². The second-order valence-corrected chi connectivity index (χ2v) is 10.3. The highest BCUT2D eigenvalue weighted by molar-refractivity contribution is 7.89. The first-order valence-electron chi connectivity index (χ1n) is 11.7. The summed E-state index contributed by atoms with van der Waals surface area (Å²) in [4.78, 5) is 25.1. The van der Waals surface area contributed by atoms with Crippen molar-refractivity contribution in [3.63, 3.8) is 0 Å². The molecule has 0 fully saturated rings. The fraction of sp³-hybridized carbons (Fsp3) is 0.143. The van der Waals surface area contributed by atoms with Gasteiger partial charge in [-0.25, -0.2) is 8.42 Å². The molecule has 202 valence electrons. The molecule has 0 aliphatic rings. The molecule has 11 heteroatoms.